The molecule has 4 heteroatoms. The van der Waals surface area contributed by atoms with E-state index in [2.05, 4.69) is 0 Å². The van der Waals surface area contributed by atoms with Gasteiger partial charge in [0.1, 0.15) is 0 Å². The molecular formula is H2LiNO2. The maximum Gasteiger partial charge on any atom is 1.00 e. The van der Waals surface area contributed by atoms with Gasteiger partial charge in [0.05, 0.1) is 0 Å². The maximum atomic E-state index is 8.24. The Labute approximate surface area is 35.7 Å². The van der Waals surface area contributed by atoms with Crippen LogP contribution in [0.25, 0.3) is 0 Å². The van der Waals surface area contributed by atoms with Crippen LogP contribution in [-0.2, 0) is 0 Å². The maximum absolute atomic E-state index is 8.24. The van der Waals surface area contributed by atoms with Crippen LogP contribution >= 0.6 is 0 Å². The van der Waals surface area contributed by atoms with Gasteiger partial charge < -0.3 is 10.4 Å². The Morgan fingerprint density at radius 1 is 1.75 bits per heavy atom. The average Bonchev–Trinajstić information content (AvgIpc) is 0.918. The first-order valence-electron chi connectivity index (χ1n) is 0.428. The summed E-state index contributed by atoms with van der Waals surface area (Å²) in [6.07, 6.45) is 0. The molecule has 0 saturated heterocycles. The van der Waals surface area contributed by atoms with Gasteiger partial charge in [-0.05, 0) is 0 Å². The van der Waals surface area contributed by atoms with Crippen LogP contribution in [0.1, 0.15) is 0 Å². The van der Waals surface area contributed by atoms with Gasteiger partial charge in [0.25, 0.3) is 0 Å². The predicted molar refractivity (Wildman–Crippen MR) is 8.29 cm³/mol. The van der Waals surface area contributed by atoms with Crippen LogP contribution in [0.3, 0.4) is 0 Å². The topological polar surface area (TPSA) is 55.3 Å². The Balaban J connectivity index is 0. The van der Waals surface area contributed by atoms with Gasteiger partial charge in [0.15, 0.2) is 0 Å². The van der Waals surface area contributed by atoms with Crippen molar-refractivity contribution >= 4 is 0 Å². The molecule has 0 spiro atoms. The van der Waals surface area contributed by atoms with Crippen LogP contribution in [0.2, 0.25) is 0 Å². The Kier molecular flexibility index (Phi) is 21.6. The summed E-state index contributed by atoms with van der Waals surface area (Å²) in [6, 6.07) is 0. The summed E-state index contributed by atoms with van der Waals surface area (Å²) in [5, 5.41) is 15.0. The van der Waals surface area contributed by atoms with Crippen molar-refractivity contribution in [2.24, 2.45) is 0 Å². The molecule has 0 aliphatic carbocycles. The molecule has 2 N–H and O–H groups in total. The first-order chi connectivity index (χ1) is 1.41. The third-order valence-corrected chi connectivity index (χ3v) is 0. The summed E-state index contributed by atoms with van der Waals surface area (Å²) in [7, 11) is 0. The van der Waals surface area contributed by atoms with E-state index in [1.807, 2.05) is 0 Å². The fourth-order valence-corrected chi connectivity index (χ4v) is 0. The van der Waals surface area contributed by atoms with Crippen molar-refractivity contribution in [2.45, 2.75) is 0 Å². The number of hydrogen-bond acceptors (Lipinski definition) is 3. The van der Waals surface area contributed by atoms with Crippen LogP contribution in [0.15, 0.2) is 0 Å². The standard InChI is InChI=1S/Li.H2NO2/c;2-1-3/h;1-2H/q+1;-1. The molecule has 0 aromatic rings. The summed E-state index contributed by atoms with van der Waals surface area (Å²) in [5.74, 6) is 0. The van der Waals surface area contributed by atoms with Crippen molar-refractivity contribution in [3.05, 3.63) is 5.21 Å². The van der Waals surface area contributed by atoms with E-state index in [-0.39, 0.29) is 18.9 Å². The molecule has 0 fully saturated rings. The van der Waals surface area contributed by atoms with Gasteiger partial charge in [-0.25, -0.2) is 0 Å². The van der Waals surface area contributed by atoms with Crippen molar-refractivity contribution in [1.29, 1.82) is 0 Å². The molecule has 0 atom stereocenters. The molecule has 4 heavy (non-hydrogen) atoms. The van der Waals surface area contributed by atoms with E-state index in [0.29, 0.717) is 5.64 Å². The molecule has 20 valence electrons. The fourth-order valence-electron chi connectivity index (χ4n) is 0. The summed E-state index contributed by atoms with van der Waals surface area (Å²) < 4.78 is 0. The van der Waals surface area contributed by atoms with Gasteiger partial charge in [-0.2, -0.15) is 0 Å². The third-order valence-electron chi connectivity index (χ3n) is 0. The van der Waals surface area contributed by atoms with Crippen LogP contribution in [0, 0.1) is 5.21 Å². The summed E-state index contributed by atoms with van der Waals surface area (Å²) >= 11 is 0. The zero-order valence-electron chi connectivity index (χ0n) is 2.36. The van der Waals surface area contributed by atoms with E-state index in [9.17, 15) is 0 Å². The van der Waals surface area contributed by atoms with Gasteiger partial charge in [-0.1, -0.05) is 0 Å². The second-order valence-electron chi connectivity index (χ2n) is 0.0913. The minimum absolute atomic E-state index is 0. The minimum Gasteiger partial charge on any atom is -0.765 e. The van der Waals surface area contributed by atoms with Crippen molar-refractivity contribution in [1.82, 2.24) is 5.64 Å². The summed E-state index contributed by atoms with van der Waals surface area (Å²) in [6.45, 7) is 0. The van der Waals surface area contributed by atoms with E-state index in [0.717, 1.165) is 0 Å². The second-order valence-corrected chi connectivity index (χ2v) is 0.0913. The molecule has 0 amide bonds. The molecule has 0 aromatic heterocycles. The number of hydrogen-bond donors (Lipinski definition) is 2. The normalized spacial score (nSPS) is 4.50. The molecule has 0 radical (unpaired) electrons. The average molecular weight is 55.0 g/mol. The quantitative estimate of drug-likeness (QED) is 0.223. The Hall–Kier alpha value is 0.477. The van der Waals surface area contributed by atoms with Crippen LogP contribution in [0.4, 0.5) is 0 Å². The van der Waals surface area contributed by atoms with Crippen molar-refractivity contribution < 1.29 is 24.1 Å². The van der Waals surface area contributed by atoms with Crippen LogP contribution in [-0.4, -0.2) is 5.21 Å². The van der Waals surface area contributed by atoms with Crippen molar-refractivity contribution in [2.75, 3.05) is 0 Å². The number of rotatable bonds is 0. The molecule has 0 rings (SSSR count). The van der Waals surface area contributed by atoms with E-state index in [4.69, 9.17) is 10.4 Å². The van der Waals surface area contributed by atoms with Crippen molar-refractivity contribution in [3.8, 4) is 0 Å². The largest absolute Gasteiger partial charge is 1.00 e. The van der Waals surface area contributed by atoms with Crippen molar-refractivity contribution in [3.63, 3.8) is 0 Å². The zero-order valence-corrected chi connectivity index (χ0v) is 2.36. The molecule has 0 bridgehead atoms. The van der Waals surface area contributed by atoms with E-state index >= 15 is 0 Å². The second kappa shape index (κ2) is 9.78. The van der Waals surface area contributed by atoms with E-state index < -0.39 is 0 Å². The van der Waals surface area contributed by atoms with Crippen LogP contribution < -0.4 is 24.5 Å². The molecule has 0 unspecified atom stereocenters. The Morgan fingerprint density at radius 2 is 1.75 bits per heavy atom. The van der Waals surface area contributed by atoms with Gasteiger partial charge >= 0.3 is 18.9 Å². The van der Waals surface area contributed by atoms with E-state index in [1.165, 1.54) is 0 Å². The molecule has 0 aliphatic heterocycles. The predicted octanol–water partition coefficient (Wildman–Crippen LogP) is -3.53. The monoisotopic (exact) mass is 55.0 g/mol. The molecule has 0 saturated carbocycles. The molecule has 3 nitrogen and oxygen atoms in total. The Bertz CT molecular complexity index is 6.00. The fraction of sp³-hybridized carbons (Fsp3) is 0. The minimum atomic E-state index is 0. The van der Waals surface area contributed by atoms with Gasteiger partial charge in [0.2, 0.25) is 0 Å². The van der Waals surface area contributed by atoms with Crippen LogP contribution in [0.5, 0.6) is 0 Å². The molecular weight excluding hydrogens is 52.9 g/mol. The first-order valence-corrected chi connectivity index (χ1v) is 0.428. The molecule has 0 aliphatic rings. The van der Waals surface area contributed by atoms with Gasteiger partial charge in [-0.15, -0.1) is 0 Å². The Morgan fingerprint density at radius 3 is 1.75 bits per heavy atom. The summed E-state index contributed by atoms with van der Waals surface area (Å²) in [4.78, 5) is 0. The third kappa shape index (κ3) is 23.7. The number of nitrogens with one attached hydrogen (secondary N) is 1. The van der Waals surface area contributed by atoms with Gasteiger partial charge in [-0.3, -0.25) is 5.64 Å². The molecule has 0 heterocycles. The zero-order chi connectivity index (χ0) is 2.71. The molecule has 0 aromatic carbocycles. The first kappa shape index (κ1) is 8.82. The SMILES string of the molecule is [Li+].[O-]NO. The summed E-state index contributed by atoms with van der Waals surface area (Å²) in [5.41, 5.74) is 0.500. The van der Waals surface area contributed by atoms with E-state index in [1.54, 1.807) is 0 Å². The smallest absolute Gasteiger partial charge is 0.765 e. The van der Waals surface area contributed by atoms with Gasteiger partial charge in [0, 0.05) is 0 Å².